The van der Waals surface area contributed by atoms with Gasteiger partial charge in [-0.25, -0.2) is 18.5 Å². The van der Waals surface area contributed by atoms with E-state index in [1.807, 2.05) is 0 Å². The second-order valence-electron chi connectivity index (χ2n) is 3.57. The zero-order valence-corrected chi connectivity index (χ0v) is 11.0. The third-order valence-electron chi connectivity index (χ3n) is 2.04. The topological polar surface area (TPSA) is 128 Å². The van der Waals surface area contributed by atoms with Crippen LogP contribution < -0.4 is 16.2 Å². The highest BCUT2D eigenvalue weighted by molar-refractivity contribution is 7.89. The molecule has 1 heterocycles. The van der Waals surface area contributed by atoms with Crippen molar-refractivity contribution in [3.8, 4) is 0 Å². The first-order chi connectivity index (χ1) is 8.29. The van der Waals surface area contributed by atoms with Crippen LogP contribution in [0.25, 0.3) is 0 Å². The molecule has 9 heteroatoms. The highest BCUT2D eigenvalue weighted by Gasteiger charge is 2.11. The number of carbonyl (C=O) groups is 1. The second kappa shape index (κ2) is 5.98. The zero-order valence-electron chi connectivity index (χ0n) is 9.39. The molecular weight excluding hydrogens is 280 g/mol. The van der Waals surface area contributed by atoms with Crippen LogP contribution in [0.1, 0.15) is 16.8 Å². The SMILES string of the molecule is Nc1cnc(Cl)cc1C(=O)NCCCS(N)(=O)=O. The van der Waals surface area contributed by atoms with Crippen molar-refractivity contribution in [3.05, 3.63) is 23.0 Å². The molecule has 0 aromatic carbocycles. The number of carbonyl (C=O) groups excluding carboxylic acids is 1. The maximum Gasteiger partial charge on any atom is 0.253 e. The van der Waals surface area contributed by atoms with Crippen LogP contribution >= 0.6 is 11.6 Å². The van der Waals surface area contributed by atoms with E-state index in [2.05, 4.69) is 10.3 Å². The first-order valence-corrected chi connectivity index (χ1v) is 7.08. The lowest BCUT2D eigenvalue weighted by Gasteiger charge is -2.07. The van der Waals surface area contributed by atoms with Crippen molar-refractivity contribution in [1.82, 2.24) is 10.3 Å². The normalized spacial score (nSPS) is 11.2. The number of nitrogens with two attached hydrogens (primary N) is 2. The molecule has 0 aliphatic heterocycles. The molecule has 0 atom stereocenters. The van der Waals surface area contributed by atoms with Gasteiger partial charge in [0.05, 0.1) is 23.2 Å². The molecule has 1 amide bonds. The van der Waals surface area contributed by atoms with Gasteiger partial charge >= 0.3 is 0 Å². The predicted octanol–water partition coefficient (Wildman–Crippen LogP) is -0.274. The Hall–Kier alpha value is -1.38. The molecule has 0 fully saturated rings. The van der Waals surface area contributed by atoms with Crippen molar-refractivity contribution in [2.24, 2.45) is 5.14 Å². The number of hydrogen-bond acceptors (Lipinski definition) is 5. The molecule has 0 aliphatic carbocycles. The summed E-state index contributed by atoms with van der Waals surface area (Å²) >= 11 is 5.64. The van der Waals surface area contributed by atoms with E-state index in [0.717, 1.165) is 0 Å². The first-order valence-electron chi connectivity index (χ1n) is 4.99. The number of pyridine rings is 1. The smallest absolute Gasteiger partial charge is 0.253 e. The molecule has 1 aromatic rings. The Morgan fingerprint density at radius 2 is 2.17 bits per heavy atom. The molecule has 5 N–H and O–H groups in total. The number of nitrogens with zero attached hydrogens (tertiary/aromatic N) is 1. The van der Waals surface area contributed by atoms with E-state index in [0.29, 0.717) is 0 Å². The van der Waals surface area contributed by atoms with Crippen LogP contribution in [0, 0.1) is 0 Å². The Balaban J connectivity index is 2.53. The fourth-order valence-corrected chi connectivity index (χ4v) is 1.91. The van der Waals surface area contributed by atoms with E-state index < -0.39 is 15.9 Å². The molecule has 0 radical (unpaired) electrons. The molecule has 1 aromatic heterocycles. The Labute approximate surface area is 110 Å². The molecule has 0 saturated heterocycles. The molecule has 0 aliphatic rings. The van der Waals surface area contributed by atoms with E-state index >= 15 is 0 Å². The minimum atomic E-state index is -3.51. The molecule has 0 spiro atoms. The number of amides is 1. The van der Waals surface area contributed by atoms with Crippen LogP contribution in [-0.4, -0.2) is 31.6 Å². The van der Waals surface area contributed by atoms with Crippen LogP contribution in [0.2, 0.25) is 5.15 Å². The number of anilines is 1. The number of primary sulfonamides is 1. The van der Waals surface area contributed by atoms with Gasteiger partial charge in [0.25, 0.3) is 5.91 Å². The van der Waals surface area contributed by atoms with Gasteiger partial charge in [0.2, 0.25) is 10.0 Å². The number of rotatable bonds is 5. The molecule has 0 saturated carbocycles. The summed E-state index contributed by atoms with van der Waals surface area (Å²) in [5, 5.41) is 7.49. The largest absolute Gasteiger partial charge is 0.397 e. The average Bonchev–Trinajstić information content (AvgIpc) is 2.26. The maximum atomic E-state index is 11.7. The Morgan fingerprint density at radius 1 is 1.50 bits per heavy atom. The van der Waals surface area contributed by atoms with Gasteiger partial charge in [-0.05, 0) is 12.5 Å². The lowest BCUT2D eigenvalue weighted by molar-refractivity contribution is 0.0954. The van der Waals surface area contributed by atoms with Crippen LogP contribution in [0.3, 0.4) is 0 Å². The summed E-state index contributed by atoms with van der Waals surface area (Å²) in [4.78, 5) is 15.4. The zero-order chi connectivity index (χ0) is 13.8. The first kappa shape index (κ1) is 14.7. The lowest BCUT2D eigenvalue weighted by atomic mass is 10.2. The summed E-state index contributed by atoms with van der Waals surface area (Å²) in [6.07, 6.45) is 1.50. The highest BCUT2D eigenvalue weighted by atomic mass is 35.5. The van der Waals surface area contributed by atoms with Crippen LogP contribution in [-0.2, 0) is 10.0 Å². The van der Waals surface area contributed by atoms with Gasteiger partial charge in [-0.15, -0.1) is 0 Å². The summed E-state index contributed by atoms with van der Waals surface area (Å²) in [6, 6.07) is 1.34. The molecule has 100 valence electrons. The van der Waals surface area contributed by atoms with E-state index in [4.69, 9.17) is 22.5 Å². The van der Waals surface area contributed by atoms with Crippen molar-refractivity contribution in [2.45, 2.75) is 6.42 Å². The van der Waals surface area contributed by atoms with E-state index in [1.165, 1.54) is 12.3 Å². The van der Waals surface area contributed by atoms with Crippen molar-refractivity contribution in [3.63, 3.8) is 0 Å². The van der Waals surface area contributed by atoms with Crippen LogP contribution in [0.5, 0.6) is 0 Å². The fourth-order valence-electron chi connectivity index (χ4n) is 1.21. The van der Waals surface area contributed by atoms with Crippen molar-refractivity contribution < 1.29 is 13.2 Å². The lowest BCUT2D eigenvalue weighted by Crippen LogP contribution is -2.28. The van der Waals surface area contributed by atoms with Crippen LogP contribution in [0.4, 0.5) is 5.69 Å². The molecule has 0 unspecified atom stereocenters. The van der Waals surface area contributed by atoms with Gasteiger partial charge < -0.3 is 11.1 Å². The Morgan fingerprint density at radius 3 is 2.78 bits per heavy atom. The van der Waals surface area contributed by atoms with Gasteiger partial charge in [0.1, 0.15) is 5.15 Å². The standard InChI is InChI=1S/C9H13ClN4O3S/c10-8-4-6(7(11)5-14-8)9(15)13-2-1-3-18(12,16)17/h4-5H,1-3,11H2,(H,13,15)(H2,12,16,17). The molecular formula is C9H13ClN4O3S. The monoisotopic (exact) mass is 292 g/mol. The van der Waals surface area contributed by atoms with Crippen LogP contribution in [0.15, 0.2) is 12.3 Å². The quantitative estimate of drug-likeness (QED) is 0.508. The molecule has 18 heavy (non-hydrogen) atoms. The van der Waals surface area contributed by atoms with Gasteiger partial charge in [-0.1, -0.05) is 11.6 Å². The van der Waals surface area contributed by atoms with Gasteiger partial charge in [0, 0.05) is 6.54 Å². The molecule has 0 bridgehead atoms. The summed E-state index contributed by atoms with van der Waals surface area (Å²) in [5.41, 5.74) is 5.96. The Kier molecular flexibility index (Phi) is 4.88. The number of aromatic nitrogens is 1. The number of nitrogen functional groups attached to an aromatic ring is 1. The van der Waals surface area contributed by atoms with E-state index in [-0.39, 0.29) is 35.1 Å². The summed E-state index contributed by atoms with van der Waals surface area (Å²) in [7, 11) is -3.51. The number of sulfonamides is 1. The third kappa shape index (κ3) is 4.86. The van der Waals surface area contributed by atoms with Crippen molar-refractivity contribution in [1.29, 1.82) is 0 Å². The summed E-state index contributed by atoms with van der Waals surface area (Å²) in [5.74, 6) is -0.633. The maximum absolute atomic E-state index is 11.7. The predicted molar refractivity (Wildman–Crippen MR) is 68.6 cm³/mol. The molecule has 1 rings (SSSR count). The number of halogens is 1. The number of nitrogens with one attached hydrogen (secondary N) is 1. The highest BCUT2D eigenvalue weighted by Crippen LogP contribution is 2.14. The van der Waals surface area contributed by atoms with Crippen molar-refractivity contribution >= 4 is 33.2 Å². The van der Waals surface area contributed by atoms with Gasteiger partial charge in [0.15, 0.2) is 0 Å². The summed E-state index contributed by atoms with van der Waals surface area (Å²) < 4.78 is 21.3. The third-order valence-corrected chi connectivity index (χ3v) is 3.10. The van der Waals surface area contributed by atoms with Gasteiger partial charge in [-0.3, -0.25) is 4.79 Å². The average molecular weight is 293 g/mol. The second-order valence-corrected chi connectivity index (χ2v) is 5.69. The minimum Gasteiger partial charge on any atom is -0.397 e. The number of hydrogen-bond donors (Lipinski definition) is 3. The minimum absolute atomic E-state index is 0.152. The summed E-state index contributed by atoms with van der Waals surface area (Å²) in [6.45, 7) is 0.175. The van der Waals surface area contributed by atoms with Crippen molar-refractivity contribution in [2.75, 3.05) is 18.0 Å². The van der Waals surface area contributed by atoms with E-state index in [9.17, 15) is 13.2 Å². The Bertz CT molecular complexity index is 547. The van der Waals surface area contributed by atoms with E-state index in [1.54, 1.807) is 0 Å². The van der Waals surface area contributed by atoms with Gasteiger partial charge in [-0.2, -0.15) is 0 Å². The molecule has 7 nitrogen and oxygen atoms in total. The fraction of sp³-hybridized carbons (Fsp3) is 0.333.